The van der Waals surface area contributed by atoms with Gasteiger partial charge in [-0.15, -0.1) is 0 Å². The van der Waals surface area contributed by atoms with E-state index in [-0.39, 0.29) is 0 Å². The molecule has 20 heavy (non-hydrogen) atoms. The average molecular weight is 265 g/mol. The van der Waals surface area contributed by atoms with Crippen molar-refractivity contribution in [3.05, 3.63) is 77.5 Å². The summed E-state index contributed by atoms with van der Waals surface area (Å²) < 4.78 is 0. The first-order valence-corrected chi connectivity index (χ1v) is 6.46. The van der Waals surface area contributed by atoms with Gasteiger partial charge in [0.15, 0.2) is 6.17 Å². The van der Waals surface area contributed by atoms with Crippen LogP contribution >= 0.6 is 0 Å². The summed E-state index contributed by atoms with van der Waals surface area (Å²) >= 11 is 0. The molecule has 0 spiro atoms. The van der Waals surface area contributed by atoms with Crippen molar-refractivity contribution in [1.82, 2.24) is 5.06 Å². The Labute approximate surface area is 117 Å². The van der Waals surface area contributed by atoms with Crippen molar-refractivity contribution in [2.24, 2.45) is 10.2 Å². The Balaban J connectivity index is 1.86. The van der Waals surface area contributed by atoms with Gasteiger partial charge >= 0.3 is 0 Å². The molecule has 2 aromatic carbocycles. The number of hydrogen-bond acceptors (Lipinski definition) is 4. The Bertz CT molecular complexity index is 647. The number of benzene rings is 2. The van der Waals surface area contributed by atoms with Crippen LogP contribution in [0.3, 0.4) is 0 Å². The molecule has 0 bridgehead atoms. The van der Waals surface area contributed by atoms with Crippen LogP contribution in [0.25, 0.3) is 5.70 Å². The third-order valence-corrected chi connectivity index (χ3v) is 3.23. The van der Waals surface area contributed by atoms with Gasteiger partial charge < -0.3 is 0 Å². The van der Waals surface area contributed by atoms with Crippen molar-refractivity contribution in [1.29, 1.82) is 0 Å². The maximum atomic E-state index is 10.1. The van der Waals surface area contributed by atoms with E-state index in [2.05, 4.69) is 10.2 Å². The summed E-state index contributed by atoms with van der Waals surface area (Å²) in [4.78, 5) is 0. The van der Waals surface area contributed by atoms with E-state index < -0.39 is 6.17 Å². The van der Waals surface area contributed by atoms with Gasteiger partial charge in [0.05, 0.1) is 6.20 Å². The fourth-order valence-electron chi connectivity index (χ4n) is 2.09. The third-order valence-electron chi connectivity index (χ3n) is 3.23. The molecule has 0 aromatic heterocycles. The van der Waals surface area contributed by atoms with Crippen molar-refractivity contribution in [2.45, 2.75) is 13.1 Å². The van der Waals surface area contributed by atoms with Gasteiger partial charge in [-0.3, -0.25) is 5.21 Å². The minimum absolute atomic E-state index is 0.483. The summed E-state index contributed by atoms with van der Waals surface area (Å²) in [6, 6.07) is 17.6. The largest absolute Gasteiger partial charge is 0.286 e. The second-order valence-corrected chi connectivity index (χ2v) is 4.76. The summed E-state index contributed by atoms with van der Waals surface area (Å²) in [5.41, 5.74) is 3.66. The molecule has 1 atom stereocenters. The molecule has 100 valence electrons. The molecule has 3 rings (SSSR count). The molecule has 1 aliphatic heterocycles. The fourth-order valence-corrected chi connectivity index (χ4v) is 2.09. The molecule has 0 aliphatic carbocycles. The van der Waals surface area contributed by atoms with Gasteiger partial charge in [0.25, 0.3) is 0 Å². The van der Waals surface area contributed by atoms with E-state index >= 15 is 0 Å². The Kier molecular flexibility index (Phi) is 3.31. The fraction of sp³-hybridized carbons (Fsp3) is 0.125. The summed E-state index contributed by atoms with van der Waals surface area (Å²) in [5.74, 6) is 0. The van der Waals surface area contributed by atoms with E-state index in [1.165, 1.54) is 5.56 Å². The third kappa shape index (κ3) is 2.46. The molecule has 0 saturated heterocycles. The first kappa shape index (κ1) is 12.6. The van der Waals surface area contributed by atoms with Crippen LogP contribution in [0.2, 0.25) is 0 Å². The highest BCUT2D eigenvalue weighted by molar-refractivity contribution is 5.64. The lowest BCUT2D eigenvalue weighted by Gasteiger charge is -2.24. The van der Waals surface area contributed by atoms with Gasteiger partial charge in [-0.1, -0.05) is 60.2 Å². The Morgan fingerprint density at radius 3 is 2.35 bits per heavy atom. The van der Waals surface area contributed by atoms with Crippen LogP contribution in [-0.4, -0.2) is 10.3 Å². The lowest BCUT2D eigenvalue weighted by Crippen LogP contribution is -2.20. The second-order valence-electron chi connectivity index (χ2n) is 4.76. The molecule has 0 fully saturated rings. The summed E-state index contributed by atoms with van der Waals surface area (Å²) in [5, 5.41) is 19.6. The minimum Gasteiger partial charge on any atom is -0.286 e. The Hall–Kier alpha value is -2.46. The molecular formula is C16H15N3O. The first-order valence-electron chi connectivity index (χ1n) is 6.46. The van der Waals surface area contributed by atoms with Gasteiger partial charge in [-0.2, -0.15) is 10.2 Å². The number of hydroxylamine groups is 2. The number of azo groups is 1. The van der Waals surface area contributed by atoms with Gasteiger partial charge in [0.1, 0.15) is 5.70 Å². The smallest absolute Gasteiger partial charge is 0.191 e. The van der Waals surface area contributed by atoms with Crippen LogP contribution in [0.5, 0.6) is 0 Å². The highest BCUT2D eigenvalue weighted by atomic mass is 16.5. The van der Waals surface area contributed by atoms with Crippen molar-refractivity contribution in [3.8, 4) is 0 Å². The van der Waals surface area contributed by atoms with Crippen LogP contribution in [-0.2, 0) is 0 Å². The van der Waals surface area contributed by atoms with E-state index in [1.807, 2.05) is 61.5 Å². The number of nitrogens with zero attached hydrogens (tertiary/aromatic N) is 3. The van der Waals surface area contributed by atoms with Crippen molar-refractivity contribution in [3.63, 3.8) is 0 Å². The van der Waals surface area contributed by atoms with E-state index in [9.17, 15) is 5.21 Å². The molecule has 0 radical (unpaired) electrons. The van der Waals surface area contributed by atoms with Gasteiger partial charge in [-0.25, -0.2) is 5.06 Å². The number of aryl methyl sites for hydroxylation is 1. The lowest BCUT2D eigenvalue weighted by atomic mass is 10.1. The SMILES string of the molecule is Cc1ccc([C@@H]2N=NC(c3ccccc3)=CN2O)cc1. The molecule has 2 aromatic rings. The maximum Gasteiger partial charge on any atom is 0.191 e. The van der Waals surface area contributed by atoms with Crippen LogP contribution in [0.1, 0.15) is 22.9 Å². The molecule has 1 aliphatic rings. The minimum atomic E-state index is -0.483. The molecular weight excluding hydrogens is 250 g/mol. The van der Waals surface area contributed by atoms with Crippen LogP contribution in [0.15, 0.2) is 71.0 Å². The van der Waals surface area contributed by atoms with E-state index in [0.717, 1.165) is 16.2 Å². The van der Waals surface area contributed by atoms with Gasteiger partial charge in [0, 0.05) is 11.1 Å². The van der Waals surface area contributed by atoms with Crippen molar-refractivity contribution < 1.29 is 5.21 Å². The highest BCUT2D eigenvalue weighted by Crippen LogP contribution is 2.30. The maximum absolute atomic E-state index is 10.1. The van der Waals surface area contributed by atoms with Gasteiger partial charge in [0.2, 0.25) is 0 Å². The van der Waals surface area contributed by atoms with Gasteiger partial charge in [-0.05, 0) is 6.92 Å². The molecule has 0 unspecified atom stereocenters. The van der Waals surface area contributed by atoms with E-state index in [1.54, 1.807) is 6.20 Å². The molecule has 1 N–H and O–H groups in total. The molecule has 0 saturated carbocycles. The quantitative estimate of drug-likeness (QED) is 0.886. The Morgan fingerprint density at radius 1 is 1.00 bits per heavy atom. The van der Waals surface area contributed by atoms with E-state index in [0.29, 0.717) is 5.70 Å². The van der Waals surface area contributed by atoms with Crippen LogP contribution < -0.4 is 0 Å². The first-order chi connectivity index (χ1) is 9.74. The van der Waals surface area contributed by atoms with Crippen LogP contribution in [0.4, 0.5) is 0 Å². The highest BCUT2D eigenvalue weighted by Gasteiger charge is 2.20. The predicted octanol–water partition coefficient (Wildman–Crippen LogP) is 4.15. The topological polar surface area (TPSA) is 48.2 Å². The summed E-state index contributed by atoms with van der Waals surface area (Å²) in [6.45, 7) is 2.02. The summed E-state index contributed by atoms with van der Waals surface area (Å²) in [7, 11) is 0. The van der Waals surface area contributed by atoms with E-state index in [4.69, 9.17) is 0 Å². The number of hydrogen-bond donors (Lipinski definition) is 1. The second kappa shape index (κ2) is 5.27. The zero-order chi connectivity index (χ0) is 13.9. The summed E-state index contributed by atoms with van der Waals surface area (Å²) in [6.07, 6.45) is 1.12. The average Bonchev–Trinajstić information content (AvgIpc) is 2.49. The van der Waals surface area contributed by atoms with Crippen molar-refractivity contribution in [2.75, 3.05) is 0 Å². The lowest BCUT2D eigenvalue weighted by molar-refractivity contribution is -0.0821. The predicted molar refractivity (Wildman–Crippen MR) is 76.8 cm³/mol. The molecule has 0 amide bonds. The zero-order valence-electron chi connectivity index (χ0n) is 11.1. The molecule has 4 heteroatoms. The number of rotatable bonds is 2. The Morgan fingerprint density at radius 2 is 1.70 bits per heavy atom. The van der Waals surface area contributed by atoms with Crippen LogP contribution in [0, 0.1) is 6.92 Å². The normalized spacial score (nSPS) is 18.0. The molecule has 1 heterocycles. The van der Waals surface area contributed by atoms with Crippen molar-refractivity contribution >= 4 is 5.70 Å². The zero-order valence-corrected chi connectivity index (χ0v) is 11.1. The standard InChI is InChI=1S/C16H15N3O/c1-12-7-9-14(10-8-12)16-18-17-15(11-19(16)20)13-5-3-2-4-6-13/h2-11,16,20H,1H3/t16-/m1/s1. The monoisotopic (exact) mass is 265 g/mol. The molecule has 4 nitrogen and oxygen atoms in total.